The molecule has 1 aliphatic heterocycles. The van der Waals surface area contributed by atoms with Crippen molar-refractivity contribution in [3.8, 4) is 5.69 Å². The summed E-state index contributed by atoms with van der Waals surface area (Å²) in [5.74, 6) is 0.850. The SMILES string of the molecule is Cc1ccc(CNC(=O)C(C)Sc2nnc(N3CCCC3)n2-c2ccc(C)cc2)cc1. The van der Waals surface area contributed by atoms with Gasteiger partial charge in [0.15, 0.2) is 5.16 Å². The van der Waals surface area contributed by atoms with E-state index in [-0.39, 0.29) is 11.2 Å². The van der Waals surface area contributed by atoms with Crippen LogP contribution in [0.25, 0.3) is 5.69 Å². The molecule has 0 bridgehead atoms. The third kappa shape index (κ3) is 5.10. The van der Waals surface area contributed by atoms with Crippen molar-refractivity contribution < 1.29 is 4.79 Å². The van der Waals surface area contributed by atoms with E-state index in [9.17, 15) is 4.79 Å². The van der Waals surface area contributed by atoms with Gasteiger partial charge in [-0.1, -0.05) is 59.3 Å². The minimum atomic E-state index is -0.287. The molecule has 162 valence electrons. The molecule has 1 atom stereocenters. The zero-order valence-electron chi connectivity index (χ0n) is 18.3. The normalized spacial score (nSPS) is 14.6. The predicted octanol–water partition coefficient (Wildman–Crippen LogP) is 4.28. The maximum Gasteiger partial charge on any atom is 0.233 e. The molecule has 31 heavy (non-hydrogen) atoms. The van der Waals surface area contributed by atoms with E-state index in [0.717, 1.165) is 35.4 Å². The predicted molar refractivity (Wildman–Crippen MR) is 126 cm³/mol. The van der Waals surface area contributed by atoms with E-state index in [1.54, 1.807) is 0 Å². The zero-order chi connectivity index (χ0) is 21.8. The second-order valence-corrected chi connectivity index (χ2v) is 9.42. The Bertz CT molecular complexity index is 1020. The van der Waals surface area contributed by atoms with Crippen LogP contribution in [0.15, 0.2) is 53.7 Å². The summed E-state index contributed by atoms with van der Waals surface area (Å²) in [6.45, 7) is 8.55. The second-order valence-electron chi connectivity index (χ2n) is 8.11. The van der Waals surface area contributed by atoms with Crippen molar-refractivity contribution in [2.45, 2.75) is 50.6 Å². The summed E-state index contributed by atoms with van der Waals surface area (Å²) in [5.41, 5.74) is 4.53. The number of carbonyl (C=O) groups is 1. The van der Waals surface area contributed by atoms with Gasteiger partial charge in [-0.25, -0.2) is 0 Å². The smallest absolute Gasteiger partial charge is 0.233 e. The van der Waals surface area contributed by atoms with E-state index in [1.807, 2.05) is 19.1 Å². The molecule has 0 saturated carbocycles. The quantitative estimate of drug-likeness (QED) is 0.561. The summed E-state index contributed by atoms with van der Waals surface area (Å²) in [6, 6.07) is 16.6. The molecular formula is C24H29N5OS. The fourth-order valence-corrected chi connectivity index (χ4v) is 4.52. The lowest BCUT2D eigenvalue weighted by Crippen LogP contribution is -2.30. The van der Waals surface area contributed by atoms with Crippen molar-refractivity contribution in [2.75, 3.05) is 18.0 Å². The lowest BCUT2D eigenvalue weighted by Gasteiger charge is -2.19. The highest BCUT2D eigenvalue weighted by molar-refractivity contribution is 8.00. The van der Waals surface area contributed by atoms with Gasteiger partial charge in [-0.15, -0.1) is 10.2 Å². The van der Waals surface area contributed by atoms with E-state index in [2.05, 4.69) is 75.2 Å². The number of hydrogen-bond acceptors (Lipinski definition) is 5. The van der Waals surface area contributed by atoms with Crippen LogP contribution in [0.5, 0.6) is 0 Å². The maximum atomic E-state index is 12.7. The Morgan fingerprint density at radius 3 is 2.26 bits per heavy atom. The van der Waals surface area contributed by atoms with Crippen molar-refractivity contribution in [1.82, 2.24) is 20.1 Å². The Labute approximate surface area is 188 Å². The minimum Gasteiger partial charge on any atom is -0.351 e. The fraction of sp³-hybridized carbons (Fsp3) is 0.375. The molecular weight excluding hydrogens is 406 g/mol. The molecule has 4 rings (SSSR count). The number of thioether (sulfide) groups is 1. The van der Waals surface area contributed by atoms with Crippen LogP contribution in [0.1, 0.15) is 36.5 Å². The van der Waals surface area contributed by atoms with Crippen molar-refractivity contribution >= 4 is 23.6 Å². The van der Waals surface area contributed by atoms with Gasteiger partial charge in [0, 0.05) is 19.6 Å². The largest absolute Gasteiger partial charge is 0.351 e. The molecule has 1 N–H and O–H groups in total. The highest BCUT2D eigenvalue weighted by atomic mass is 32.2. The Morgan fingerprint density at radius 2 is 1.61 bits per heavy atom. The number of aromatic nitrogens is 3. The monoisotopic (exact) mass is 435 g/mol. The Balaban J connectivity index is 1.50. The van der Waals surface area contributed by atoms with Gasteiger partial charge in [0.1, 0.15) is 0 Å². The van der Waals surface area contributed by atoms with Gasteiger partial charge in [-0.05, 0) is 51.3 Å². The highest BCUT2D eigenvalue weighted by Crippen LogP contribution is 2.30. The molecule has 0 aliphatic carbocycles. The first-order chi connectivity index (χ1) is 15.0. The molecule has 7 heteroatoms. The van der Waals surface area contributed by atoms with Crippen LogP contribution in [0.3, 0.4) is 0 Å². The van der Waals surface area contributed by atoms with Gasteiger partial charge in [0.2, 0.25) is 11.9 Å². The molecule has 1 aliphatic rings. The lowest BCUT2D eigenvalue weighted by atomic mass is 10.1. The summed E-state index contributed by atoms with van der Waals surface area (Å²) < 4.78 is 2.08. The molecule has 3 aromatic rings. The molecule has 1 unspecified atom stereocenters. The minimum absolute atomic E-state index is 0.00764. The number of nitrogens with zero attached hydrogens (tertiary/aromatic N) is 4. The zero-order valence-corrected chi connectivity index (χ0v) is 19.2. The Kier molecular flexibility index (Phi) is 6.61. The van der Waals surface area contributed by atoms with Crippen LogP contribution in [0, 0.1) is 13.8 Å². The van der Waals surface area contributed by atoms with Gasteiger partial charge >= 0.3 is 0 Å². The summed E-state index contributed by atoms with van der Waals surface area (Å²) >= 11 is 1.45. The van der Waals surface area contributed by atoms with E-state index >= 15 is 0 Å². The average molecular weight is 436 g/mol. The highest BCUT2D eigenvalue weighted by Gasteiger charge is 2.25. The lowest BCUT2D eigenvalue weighted by molar-refractivity contribution is -0.120. The van der Waals surface area contributed by atoms with Crippen LogP contribution in [-0.4, -0.2) is 39.0 Å². The number of nitrogens with one attached hydrogen (secondary N) is 1. The van der Waals surface area contributed by atoms with E-state index in [4.69, 9.17) is 0 Å². The Morgan fingerprint density at radius 1 is 1.00 bits per heavy atom. The Hall–Kier alpha value is -2.80. The average Bonchev–Trinajstić information content (AvgIpc) is 3.44. The number of hydrogen-bond donors (Lipinski definition) is 1. The van der Waals surface area contributed by atoms with E-state index in [1.165, 1.54) is 35.7 Å². The molecule has 1 fully saturated rings. The third-order valence-corrected chi connectivity index (χ3v) is 6.58. The first kappa shape index (κ1) is 21.4. The van der Waals surface area contributed by atoms with Crippen LogP contribution in [0.2, 0.25) is 0 Å². The maximum absolute atomic E-state index is 12.7. The van der Waals surface area contributed by atoms with Crippen LogP contribution in [0.4, 0.5) is 5.95 Å². The number of amides is 1. The molecule has 1 amide bonds. The van der Waals surface area contributed by atoms with Crippen molar-refractivity contribution in [3.05, 3.63) is 65.2 Å². The molecule has 1 saturated heterocycles. The van der Waals surface area contributed by atoms with Gasteiger partial charge in [-0.2, -0.15) is 0 Å². The van der Waals surface area contributed by atoms with Gasteiger partial charge in [0.25, 0.3) is 0 Å². The molecule has 1 aromatic heterocycles. The van der Waals surface area contributed by atoms with Crippen LogP contribution >= 0.6 is 11.8 Å². The first-order valence-electron chi connectivity index (χ1n) is 10.8. The van der Waals surface area contributed by atoms with Crippen molar-refractivity contribution in [1.29, 1.82) is 0 Å². The van der Waals surface area contributed by atoms with Gasteiger partial charge in [0.05, 0.1) is 10.9 Å². The second kappa shape index (κ2) is 9.56. The standard InChI is InChI=1S/C24H29N5OS/c1-17-6-10-20(11-7-17)16-25-22(30)19(3)31-24-27-26-23(28-14-4-5-15-28)29(24)21-12-8-18(2)9-13-21/h6-13,19H,4-5,14-16H2,1-3H3,(H,25,30). The van der Waals surface area contributed by atoms with Crippen LogP contribution in [-0.2, 0) is 11.3 Å². The van der Waals surface area contributed by atoms with Crippen molar-refractivity contribution in [3.63, 3.8) is 0 Å². The van der Waals surface area contributed by atoms with E-state index < -0.39 is 0 Å². The van der Waals surface area contributed by atoms with Gasteiger partial charge < -0.3 is 10.2 Å². The molecule has 0 radical (unpaired) electrons. The number of benzene rings is 2. The third-order valence-electron chi connectivity index (χ3n) is 5.54. The van der Waals surface area contributed by atoms with Crippen LogP contribution < -0.4 is 10.2 Å². The molecule has 2 heterocycles. The summed E-state index contributed by atoms with van der Waals surface area (Å²) in [4.78, 5) is 15.0. The van der Waals surface area contributed by atoms with E-state index in [0.29, 0.717) is 6.54 Å². The molecule has 6 nitrogen and oxygen atoms in total. The summed E-state index contributed by atoms with van der Waals surface area (Å²) in [7, 11) is 0. The first-order valence-corrected chi connectivity index (χ1v) is 11.7. The number of rotatable bonds is 7. The van der Waals surface area contributed by atoms with Gasteiger partial charge in [-0.3, -0.25) is 9.36 Å². The fourth-order valence-electron chi connectivity index (χ4n) is 3.63. The number of aryl methyl sites for hydroxylation is 2. The topological polar surface area (TPSA) is 63.1 Å². The number of anilines is 1. The molecule has 0 spiro atoms. The summed E-state index contributed by atoms with van der Waals surface area (Å²) in [5, 5.41) is 12.5. The van der Waals surface area contributed by atoms with Crippen molar-refractivity contribution in [2.24, 2.45) is 0 Å². The number of carbonyl (C=O) groups excluding carboxylic acids is 1. The molecule has 2 aromatic carbocycles. The summed E-state index contributed by atoms with van der Waals surface area (Å²) in [6.07, 6.45) is 2.34.